The van der Waals surface area contributed by atoms with Crippen LogP contribution in [0.5, 0.6) is 34.5 Å². The predicted molar refractivity (Wildman–Crippen MR) is 318 cm³/mol. The number of rotatable bonds is 33. The van der Waals surface area contributed by atoms with Crippen LogP contribution in [0.3, 0.4) is 0 Å². The SMILES string of the molecule is C=CC(=O)OCCCCOc1ccc(C(=O)Oc2ccc(OC(=O)C3CCC(C(=O)Oc4ccc(OC(=O)c5ccc(OCCCCOC(=O)C=C)cc5)cc4C(=O)OCCOCC)CC3)c(C(=O)OCCOCC)c2)cc1.CC.CCCC.CO. The Morgan fingerprint density at radius 1 is 0.430 bits per heavy atom. The van der Waals surface area contributed by atoms with Crippen molar-refractivity contribution in [3.63, 3.8) is 0 Å². The van der Waals surface area contributed by atoms with Crippen LogP contribution in [-0.2, 0) is 47.6 Å². The third-order valence-corrected chi connectivity index (χ3v) is 12.0. The van der Waals surface area contributed by atoms with Gasteiger partial charge in [-0.1, -0.05) is 53.7 Å². The van der Waals surface area contributed by atoms with Crippen molar-refractivity contribution in [1.82, 2.24) is 0 Å². The van der Waals surface area contributed by atoms with E-state index in [0.29, 0.717) is 63.6 Å². The van der Waals surface area contributed by atoms with Crippen LogP contribution in [0.4, 0.5) is 0 Å². The van der Waals surface area contributed by atoms with Gasteiger partial charge in [0.15, 0.2) is 0 Å². The summed E-state index contributed by atoms with van der Waals surface area (Å²) in [6.07, 6.45) is 8.09. The molecule has 1 aliphatic carbocycles. The number of aliphatic hydroxyl groups excluding tert-OH is 1. The third-order valence-electron chi connectivity index (χ3n) is 12.0. The molecule has 1 fully saturated rings. The predicted octanol–water partition coefficient (Wildman–Crippen LogP) is 11.0. The first-order valence-corrected chi connectivity index (χ1v) is 28.9. The summed E-state index contributed by atoms with van der Waals surface area (Å²) >= 11 is 0. The number of hydrogen-bond donors (Lipinski definition) is 1. The first-order valence-electron chi connectivity index (χ1n) is 28.9. The number of ether oxygens (including phenoxy) is 12. The minimum atomic E-state index is -0.863. The highest BCUT2D eigenvalue weighted by Gasteiger charge is 2.34. The van der Waals surface area contributed by atoms with Crippen molar-refractivity contribution in [2.24, 2.45) is 11.8 Å². The molecule has 1 saturated carbocycles. The highest BCUT2D eigenvalue weighted by atomic mass is 16.6. The summed E-state index contributed by atoms with van der Waals surface area (Å²) in [5, 5.41) is 7.00. The molecule has 0 radical (unpaired) electrons. The molecule has 86 heavy (non-hydrogen) atoms. The van der Waals surface area contributed by atoms with E-state index in [1.807, 2.05) is 13.8 Å². The zero-order chi connectivity index (χ0) is 63.5. The van der Waals surface area contributed by atoms with E-state index >= 15 is 0 Å². The zero-order valence-electron chi connectivity index (χ0n) is 50.6. The van der Waals surface area contributed by atoms with Crippen molar-refractivity contribution in [3.8, 4) is 34.5 Å². The summed E-state index contributed by atoms with van der Waals surface area (Å²) in [5.74, 6) is -6.23. The molecule has 0 bridgehead atoms. The van der Waals surface area contributed by atoms with Gasteiger partial charge in [-0.3, -0.25) is 9.59 Å². The van der Waals surface area contributed by atoms with E-state index in [1.54, 1.807) is 38.1 Å². The van der Waals surface area contributed by atoms with Gasteiger partial charge >= 0.3 is 47.8 Å². The quantitative estimate of drug-likeness (QED) is 0.0153. The Morgan fingerprint density at radius 2 is 0.767 bits per heavy atom. The van der Waals surface area contributed by atoms with Crippen LogP contribution in [-0.4, -0.2) is 126 Å². The molecule has 0 spiro atoms. The molecule has 21 heteroatoms. The molecule has 0 amide bonds. The smallest absolute Gasteiger partial charge is 0.343 e. The first-order chi connectivity index (χ1) is 41.7. The molecule has 1 N–H and O–H groups in total. The topological polar surface area (TPSA) is 268 Å². The minimum Gasteiger partial charge on any atom is -0.494 e. The van der Waals surface area contributed by atoms with Crippen molar-refractivity contribution in [3.05, 3.63) is 132 Å². The van der Waals surface area contributed by atoms with E-state index in [4.69, 9.17) is 61.9 Å². The highest BCUT2D eigenvalue weighted by Crippen LogP contribution is 2.34. The van der Waals surface area contributed by atoms with Crippen molar-refractivity contribution in [2.75, 3.05) is 73.2 Å². The van der Waals surface area contributed by atoms with Gasteiger partial charge < -0.3 is 61.9 Å². The van der Waals surface area contributed by atoms with Gasteiger partial charge in [0, 0.05) is 32.5 Å². The lowest BCUT2D eigenvalue weighted by atomic mass is 9.82. The number of carbonyl (C=O) groups is 8. The van der Waals surface area contributed by atoms with Crippen LogP contribution in [0, 0.1) is 11.8 Å². The van der Waals surface area contributed by atoms with Crippen molar-refractivity contribution in [2.45, 2.75) is 106 Å². The number of hydrogen-bond acceptors (Lipinski definition) is 21. The van der Waals surface area contributed by atoms with E-state index < -0.39 is 59.6 Å². The fourth-order valence-corrected chi connectivity index (χ4v) is 7.38. The van der Waals surface area contributed by atoms with E-state index in [0.717, 1.165) is 19.3 Å². The van der Waals surface area contributed by atoms with Crippen molar-refractivity contribution >= 4 is 47.8 Å². The van der Waals surface area contributed by atoms with Gasteiger partial charge in [-0.25, -0.2) is 28.8 Å². The van der Waals surface area contributed by atoms with Crippen molar-refractivity contribution in [1.29, 1.82) is 0 Å². The Hall–Kier alpha value is -8.40. The number of unbranched alkanes of at least 4 members (excludes halogenated alkanes) is 3. The second-order valence-corrected chi connectivity index (χ2v) is 18.1. The lowest BCUT2D eigenvalue weighted by Crippen LogP contribution is -2.31. The van der Waals surface area contributed by atoms with Crippen LogP contribution in [0.25, 0.3) is 0 Å². The Labute approximate surface area is 504 Å². The van der Waals surface area contributed by atoms with Crippen LogP contribution < -0.4 is 28.4 Å². The Kier molecular flexibility index (Phi) is 37.8. The maximum atomic E-state index is 13.6. The molecular weight excluding hydrogens is 1120 g/mol. The lowest BCUT2D eigenvalue weighted by Gasteiger charge is -2.26. The molecule has 470 valence electrons. The molecule has 0 heterocycles. The maximum Gasteiger partial charge on any atom is 0.343 e. The summed E-state index contributed by atoms with van der Waals surface area (Å²) in [5.41, 5.74) is -0.00202. The summed E-state index contributed by atoms with van der Waals surface area (Å²) < 4.78 is 65.3. The molecule has 21 nitrogen and oxygen atoms in total. The zero-order valence-corrected chi connectivity index (χ0v) is 50.6. The number of esters is 8. The molecule has 1 aliphatic rings. The van der Waals surface area contributed by atoms with Crippen LogP contribution >= 0.6 is 0 Å². The maximum absolute atomic E-state index is 13.6. The number of carbonyl (C=O) groups excluding carboxylic acids is 8. The third kappa shape index (κ3) is 28.0. The van der Waals surface area contributed by atoms with Gasteiger partial charge in [0.05, 0.1) is 62.6 Å². The molecule has 0 saturated heterocycles. The lowest BCUT2D eigenvalue weighted by molar-refractivity contribution is -0.145. The van der Waals surface area contributed by atoms with Gasteiger partial charge in [0.1, 0.15) is 58.8 Å². The molecular formula is C65H84O21. The van der Waals surface area contributed by atoms with Crippen LogP contribution in [0.2, 0.25) is 0 Å². The largest absolute Gasteiger partial charge is 0.494 e. The van der Waals surface area contributed by atoms with Crippen LogP contribution in [0.15, 0.2) is 110 Å². The summed E-state index contributed by atoms with van der Waals surface area (Å²) in [7, 11) is 1.00. The van der Waals surface area contributed by atoms with E-state index in [9.17, 15) is 38.4 Å². The second kappa shape index (κ2) is 44.1. The Balaban J connectivity index is 0.00000299. The van der Waals surface area contributed by atoms with E-state index in [-0.39, 0.29) is 111 Å². The molecule has 0 unspecified atom stereocenters. The Morgan fingerprint density at radius 3 is 1.09 bits per heavy atom. The summed E-state index contributed by atoms with van der Waals surface area (Å²) in [6.45, 7) is 20.6. The second-order valence-electron chi connectivity index (χ2n) is 18.1. The standard InChI is InChI=1S/C58H64O20.C4H10.C2H6.CH4O/c1-5-51(59)71-31-11-9-29-69-43-21-17-41(18-22-43)53(61)75-45-25-27-49(47(37-45)57(65)73-35-33-67-7-3)77-55(63)39-13-15-40(16-14-39)56(64)78-50-28-26-46(38-48(50)58(66)74-36-34-68-8-4)76-54(62)42-19-23-44(24-20-42)70-30-10-12-32-72-52(60)6-2;1-3-4-2;2*1-2/h5-6,17-28,37-40H,1-2,7-16,29-36H2,3-4H3;3-4H2,1-2H3;1-2H3;2H,1H3. The molecule has 0 atom stereocenters. The number of aliphatic hydroxyl groups is 1. The highest BCUT2D eigenvalue weighted by molar-refractivity contribution is 5.97. The molecule has 5 rings (SSSR count). The molecule has 4 aromatic carbocycles. The first kappa shape index (κ1) is 73.7. The van der Waals surface area contributed by atoms with Gasteiger partial charge in [0.25, 0.3) is 0 Å². The van der Waals surface area contributed by atoms with Crippen molar-refractivity contribution < 1.29 is 100 Å². The normalized spacial score (nSPS) is 12.8. The Bertz CT molecular complexity index is 2520. The summed E-state index contributed by atoms with van der Waals surface area (Å²) in [4.78, 5) is 103. The van der Waals surface area contributed by atoms with Gasteiger partial charge in [0.2, 0.25) is 0 Å². The average molecular weight is 1200 g/mol. The summed E-state index contributed by atoms with van der Waals surface area (Å²) in [6, 6.07) is 20.2. The molecule has 0 aliphatic heterocycles. The van der Waals surface area contributed by atoms with Gasteiger partial charge in [-0.05, 0) is 150 Å². The molecule has 0 aromatic heterocycles. The minimum absolute atomic E-state index is 0.0323. The van der Waals surface area contributed by atoms with Crippen LogP contribution in [0.1, 0.15) is 147 Å². The number of benzene rings is 4. The van der Waals surface area contributed by atoms with E-state index in [2.05, 4.69) is 27.0 Å². The monoisotopic (exact) mass is 1200 g/mol. The fourth-order valence-electron chi connectivity index (χ4n) is 7.38. The van der Waals surface area contributed by atoms with Gasteiger partial charge in [-0.2, -0.15) is 0 Å². The van der Waals surface area contributed by atoms with Gasteiger partial charge in [-0.15, -0.1) is 0 Å². The fraction of sp³-hybridized carbons (Fsp3) is 0.446. The van der Waals surface area contributed by atoms with E-state index in [1.165, 1.54) is 73.5 Å². The average Bonchev–Trinajstić information content (AvgIpc) is 2.33. The molecule has 4 aromatic rings.